The molecule has 0 amide bonds. The number of allylic oxidation sites excluding steroid dienone is 3. The van der Waals surface area contributed by atoms with Crippen LogP contribution in [-0.4, -0.2) is 36.5 Å². The quantitative estimate of drug-likeness (QED) is 0.232. The Labute approximate surface area is 203 Å². The summed E-state index contributed by atoms with van der Waals surface area (Å²) >= 11 is 0. The molecule has 2 fully saturated rings. The molecule has 0 bridgehead atoms. The fourth-order valence-electron chi connectivity index (χ4n) is 7.04. The second kappa shape index (κ2) is 12.0. The normalized spacial score (nSPS) is 32.5. The molecule has 0 radical (unpaired) electrons. The zero-order chi connectivity index (χ0) is 24.0. The molecule has 1 unspecified atom stereocenters. The molecular formula is C27H52O3Si2. The van der Waals surface area contributed by atoms with Crippen LogP contribution in [0.3, 0.4) is 0 Å². The van der Waals surface area contributed by atoms with E-state index >= 15 is 0 Å². The Morgan fingerprint density at radius 2 is 1.69 bits per heavy atom. The van der Waals surface area contributed by atoms with Crippen LogP contribution in [0.2, 0.25) is 13.1 Å². The molecular weight excluding hydrogens is 428 g/mol. The molecule has 0 aliphatic heterocycles. The van der Waals surface area contributed by atoms with Crippen LogP contribution in [0.25, 0.3) is 0 Å². The lowest BCUT2D eigenvalue weighted by molar-refractivity contribution is -0.158. The highest BCUT2D eigenvalue weighted by atomic mass is 28.2. The summed E-state index contributed by atoms with van der Waals surface area (Å²) in [6, 6.07) is 0. The lowest BCUT2D eigenvalue weighted by atomic mass is 9.47. The third kappa shape index (κ3) is 6.91. The fraction of sp³-hybridized carbons (Fsp3) is 0.852. The lowest BCUT2D eigenvalue weighted by Gasteiger charge is -2.59. The van der Waals surface area contributed by atoms with E-state index in [9.17, 15) is 5.11 Å². The molecule has 3 nitrogen and oxygen atoms in total. The summed E-state index contributed by atoms with van der Waals surface area (Å²) in [6.45, 7) is 18.1. The van der Waals surface area contributed by atoms with E-state index in [1.165, 1.54) is 38.5 Å². The zero-order valence-electron chi connectivity index (χ0n) is 22.3. The van der Waals surface area contributed by atoms with Crippen molar-refractivity contribution in [2.24, 2.45) is 34.5 Å². The van der Waals surface area contributed by atoms with E-state index in [1.54, 1.807) is 0 Å². The summed E-state index contributed by atoms with van der Waals surface area (Å²) in [6.07, 6.45) is 17.6. The Kier molecular flexibility index (Phi) is 10.5. The van der Waals surface area contributed by atoms with Crippen LogP contribution in [0.15, 0.2) is 24.3 Å². The van der Waals surface area contributed by atoms with Crippen molar-refractivity contribution in [1.82, 2.24) is 0 Å². The second-order valence-electron chi connectivity index (χ2n) is 11.9. The van der Waals surface area contributed by atoms with Crippen molar-refractivity contribution in [3.05, 3.63) is 24.3 Å². The van der Waals surface area contributed by atoms with E-state index in [-0.39, 0.29) is 11.7 Å². The molecule has 5 atom stereocenters. The Hall–Kier alpha value is -0.206. The Morgan fingerprint density at radius 1 is 1.03 bits per heavy atom. The smallest absolute Gasteiger partial charge is 0.161 e. The Balaban J connectivity index is 2.17. The maximum absolute atomic E-state index is 9.86. The maximum Gasteiger partial charge on any atom is 0.161 e. The van der Waals surface area contributed by atoms with Crippen molar-refractivity contribution in [1.29, 1.82) is 0 Å². The van der Waals surface area contributed by atoms with Gasteiger partial charge in [0.1, 0.15) is 6.29 Å². The van der Waals surface area contributed by atoms with Crippen molar-refractivity contribution in [3.8, 4) is 0 Å². The van der Waals surface area contributed by atoms with Crippen LogP contribution in [0.1, 0.15) is 86.5 Å². The van der Waals surface area contributed by atoms with Crippen LogP contribution < -0.4 is 0 Å². The van der Waals surface area contributed by atoms with Gasteiger partial charge < -0.3 is 14.0 Å². The molecule has 0 heterocycles. The summed E-state index contributed by atoms with van der Waals surface area (Å²) < 4.78 is 12.6. The molecule has 0 aromatic heterocycles. The van der Waals surface area contributed by atoms with Crippen molar-refractivity contribution in [3.63, 3.8) is 0 Å². The molecule has 1 N–H and O–H groups in total. The molecule has 5 heteroatoms. The van der Waals surface area contributed by atoms with Gasteiger partial charge in [0.2, 0.25) is 0 Å². The number of fused-ring (bicyclic) bond motifs is 1. The minimum Gasteiger partial charge on any atom is -0.400 e. The first-order valence-corrected chi connectivity index (χ1v) is 17.3. The van der Waals surface area contributed by atoms with Gasteiger partial charge in [0.25, 0.3) is 0 Å². The first-order chi connectivity index (χ1) is 15.0. The van der Waals surface area contributed by atoms with E-state index in [1.807, 2.05) is 26.0 Å². The summed E-state index contributed by atoms with van der Waals surface area (Å²) in [5.74, 6) is 2.93. The predicted molar refractivity (Wildman–Crippen MR) is 143 cm³/mol. The van der Waals surface area contributed by atoms with E-state index in [4.69, 9.17) is 8.85 Å². The first-order valence-electron chi connectivity index (χ1n) is 13.3. The summed E-state index contributed by atoms with van der Waals surface area (Å²) in [5, 5.41) is 9.86. The van der Waals surface area contributed by atoms with Gasteiger partial charge in [0.05, 0.1) is 5.60 Å². The third-order valence-electron chi connectivity index (χ3n) is 8.59. The molecule has 32 heavy (non-hydrogen) atoms. The van der Waals surface area contributed by atoms with Crippen molar-refractivity contribution in [2.45, 2.75) is 111 Å². The number of hydrogen-bond acceptors (Lipinski definition) is 3. The van der Waals surface area contributed by atoms with Gasteiger partial charge in [0, 0.05) is 5.41 Å². The summed E-state index contributed by atoms with van der Waals surface area (Å²) in [7, 11) is -0.979. The van der Waals surface area contributed by atoms with Crippen LogP contribution in [0.5, 0.6) is 0 Å². The SMILES string of the molecule is C[SiH2]OC(O[SiH2]C)C(C)(C)[C@H]1CCC[C@@]2(C)C([C@H](C)C/C=C/C=C/C(C)(C)O)CCC[C@H]12. The average Bonchev–Trinajstić information content (AvgIpc) is 2.71. The largest absolute Gasteiger partial charge is 0.400 e. The topological polar surface area (TPSA) is 38.7 Å². The van der Waals surface area contributed by atoms with Crippen LogP contribution in [0, 0.1) is 34.5 Å². The second-order valence-corrected chi connectivity index (χ2v) is 13.7. The fourth-order valence-corrected chi connectivity index (χ4v) is 8.88. The molecule has 0 aromatic carbocycles. The van der Waals surface area contributed by atoms with Crippen molar-refractivity contribution >= 4 is 19.5 Å². The molecule has 2 aliphatic carbocycles. The molecule has 2 saturated carbocycles. The van der Waals surface area contributed by atoms with E-state index in [0.29, 0.717) is 17.3 Å². The molecule has 2 aliphatic rings. The van der Waals surface area contributed by atoms with Crippen molar-refractivity contribution in [2.75, 3.05) is 0 Å². The average molecular weight is 481 g/mol. The van der Waals surface area contributed by atoms with Crippen LogP contribution >= 0.6 is 0 Å². The minimum atomic E-state index is -0.740. The maximum atomic E-state index is 9.86. The number of hydrogen-bond donors (Lipinski definition) is 1. The lowest BCUT2D eigenvalue weighted by Crippen LogP contribution is -2.53. The standard InChI is InChI=1S/C27H52O3Si2/c1-20(14-10-9-11-18-25(2,3)28)21-15-12-16-23-22(17-13-19-27(21,23)6)26(4,5)24(29-31-7)30-32-8/h9-11,18,20-24,28H,12-17,19,31-32H2,1-8H3/b10-9+,18-11+/t20-,21?,22+,23-,27+/m1/s1. The monoisotopic (exact) mass is 480 g/mol. The molecule has 0 saturated heterocycles. The van der Waals surface area contributed by atoms with E-state index in [0.717, 1.165) is 18.3 Å². The van der Waals surface area contributed by atoms with E-state index in [2.05, 4.69) is 52.9 Å². The highest BCUT2D eigenvalue weighted by molar-refractivity contribution is 6.26. The number of aliphatic hydroxyl groups is 1. The Bertz CT molecular complexity index is 619. The minimum absolute atomic E-state index is 0.00600. The summed E-state index contributed by atoms with van der Waals surface area (Å²) in [5.41, 5.74) is -0.229. The highest BCUT2D eigenvalue weighted by Crippen LogP contribution is 2.61. The van der Waals surface area contributed by atoms with Gasteiger partial charge in [-0.05, 0) is 75.0 Å². The van der Waals surface area contributed by atoms with E-state index < -0.39 is 25.1 Å². The van der Waals surface area contributed by atoms with Gasteiger partial charge in [-0.3, -0.25) is 0 Å². The zero-order valence-corrected chi connectivity index (χ0v) is 25.2. The molecule has 0 aromatic rings. The van der Waals surface area contributed by atoms with Gasteiger partial charge in [-0.25, -0.2) is 0 Å². The molecule has 186 valence electrons. The van der Waals surface area contributed by atoms with Gasteiger partial charge >= 0.3 is 0 Å². The summed E-state index contributed by atoms with van der Waals surface area (Å²) in [4.78, 5) is 0. The van der Waals surface area contributed by atoms with Gasteiger partial charge in [-0.15, -0.1) is 0 Å². The van der Waals surface area contributed by atoms with Gasteiger partial charge in [-0.2, -0.15) is 0 Å². The predicted octanol–water partition coefficient (Wildman–Crippen LogP) is 5.77. The third-order valence-corrected chi connectivity index (χ3v) is 9.86. The first kappa shape index (κ1) is 28.0. The van der Waals surface area contributed by atoms with Crippen LogP contribution in [0.4, 0.5) is 0 Å². The molecule has 2 rings (SSSR count). The Morgan fingerprint density at radius 3 is 2.28 bits per heavy atom. The molecule has 0 spiro atoms. The van der Waals surface area contributed by atoms with Gasteiger partial charge in [0.15, 0.2) is 19.5 Å². The van der Waals surface area contributed by atoms with Crippen molar-refractivity contribution < 1.29 is 14.0 Å². The van der Waals surface area contributed by atoms with Crippen LogP contribution in [-0.2, 0) is 8.85 Å². The van der Waals surface area contributed by atoms with Gasteiger partial charge in [-0.1, -0.05) is 77.9 Å². The highest BCUT2D eigenvalue weighted by Gasteiger charge is 2.54. The number of rotatable bonds is 11.